The summed E-state index contributed by atoms with van der Waals surface area (Å²) in [5, 5.41) is 23.5. The molecule has 16 atom stereocenters. The molecule has 0 aromatic rings. The molecule has 3 fully saturated rings. The zero-order valence-corrected chi connectivity index (χ0v) is 46.1. The number of esters is 1. The van der Waals surface area contributed by atoms with Crippen LogP contribution in [0.1, 0.15) is 139 Å². The first-order chi connectivity index (χ1) is 34.0. The highest BCUT2D eigenvalue weighted by atomic mass is 31.2. The van der Waals surface area contributed by atoms with Gasteiger partial charge in [-0.2, -0.15) is 0 Å². The van der Waals surface area contributed by atoms with Gasteiger partial charge in [0.25, 0.3) is 11.7 Å². The number of cyclic esters (lactones) is 1. The van der Waals surface area contributed by atoms with Gasteiger partial charge in [-0.15, -0.1) is 0 Å². The van der Waals surface area contributed by atoms with Gasteiger partial charge in [0.2, 0.25) is 5.79 Å². The van der Waals surface area contributed by atoms with Crippen molar-refractivity contribution in [3.05, 3.63) is 47.6 Å². The fourth-order valence-electron chi connectivity index (χ4n) is 10.8. The van der Waals surface area contributed by atoms with E-state index in [0.717, 1.165) is 5.57 Å². The summed E-state index contributed by atoms with van der Waals surface area (Å²) in [6, 6.07) is -1.17. The summed E-state index contributed by atoms with van der Waals surface area (Å²) in [4.78, 5) is 72.4. The molecular weight excluding hydrogens is 946 g/mol. The number of hydrogen-bond acceptors (Lipinski definition) is 15. The van der Waals surface area contributed by atoms with Crippen molar-refractivity contribution in [3.63, 3.8) is 0 Å². The minimum Gasteiger partial charge on any atom is -0.460 e. The third-order valence-electron chi connectivity index (χ3n) is 15.3. The fraction of sp³-hybridized carbons (Fsp3) is 0.764. The number of ether oxygens (including phenoxy) is 5. The lowest BCUT2D eigenvalue weighted by molar-refractivity contribution is -0.265. The lowest BCUT2D eigenvalue weighted by Gasteiger charge is -2.42. The number of nitrogens with zero attached hydrogens (tertiary/aromatic N) is 1. The second kappa shape index (κ2) is 28.6. The molecule has 3 aliphatic heterocycles. The Balaban J connectivity index is 1.69. The molecule has 408 valence electrons. The summed E-state index contributed by atoms with van der Waals surface area (Å²) in [5.74, 6) is -8.22. The molecule has 17 heteroatoms. The van der Waals surface area contributed by atoms with Crippen molar-refractivity contribution >= 4 is 36.8 Å². The van der Waals surface area contributed by atoms with Gasteiger partial charge in [-0.3, -0.25) is 23.7 Å². The van der Waals surface area contributed by atoms with E-state index in [2.05, 4.69) is 0 Å². The number of methoxy groups -OCH3 is 3. The van der Waals surface area contributed by atoms with E-state index in [1.54, 1.807) is 41.1 Å². The second-order valence-corrected chi connectivity index (χ2v) is 23.3. The number of carbonyl (C=O) groups excluding carboxylic acids is 5. The van der Waals surface area contributed by atoms with Crippen LogP contribution in [-0.2, 0) is 61.3 Å². The molecule has 0 radical (unpaired) electrons. The van der Waals surface area contributed by atoms with Crippen LogP contribution in [0.15, 0.2) is 47.6 Å². The van der Waals surface area contributed by atoms with Crippen molar-refractivity contribution in [2.45, 2.75) is 193 Å². The first kappa shape index (κ1) is 61.4. The number of rotatable bonds is 11. The number of aliphatic hydroxyl groups is 2. The molecule has 0 aromatic heterocycles. The summed E-state index contributed by atoms with van der Waals surface area (Å²) >= 11 is 0. The van der Waals surface area contributed by atoms with E-state index in [9.17, 15) is 38.8 Å². The summed E-state index contributed by atoms with van der Waals surface area (Å²) in [7, 11) is 1.20. The SMILES string of the molecule is CCCOP(C)(=O)O[C@@H]1CC[C@@H](C[C@@H](C)[C@@H]2CC(=O)/C(C)=C/C(C)[C@@H](O)[C@@H](OC)C(=O)[C@H](C)C[C@H](C)C=CC=CC=C(C)[C@@H](OC)C[C@@H]3CC[C@@H](C)C(O)(O3)C(=O)C(=O)N3CCCCC3C(=O)O2)C[C@H]1OC. The topological polar surface area (TPSA) is 211 Å². The number of piperidine rings is 1. The van der Waals surface area contributed by atoms with Crippen molar-refractivity contribution < 1.29 is 71.5 Å². The first-order valence-corrected chi connectivity index (χ1v) is 28.4. The van der Waals surface area contributed by atoms with Crippen LogP contribution in [0, 0.1) is 35.5 Å². The minimum atomic E-state index is -3.33. The van der Waals surface area contributed by atoms with Gasteiger partial charge in [-0.05, 0) is 113 Å². The predicted molar refractivity (Wildman–Crippen MR) is 274 cm³/mol. The smallest absolute Gasteiger partial charge is 0.329 e. The monoisotopic (exact) mass is 1030 g/mol. The number of hydrogen-bond donors (Lipinski definition) is 2. The Kier molecular flexibility index (Phi) is 24.4. The average Bonchev–Trinajstić information content (AvgIpc) is 3.35. The van der Waals surface area contributed by atoms with E-state index >= 15 is 0 Å². The maximum atomic E-state index is 14.5. The number of Topliss-reactive ketones (excluding diaryl/α,β-unsaturated/α-hetero) is 3. The highest BCUT2D eigenvalue weighted by molar-refractivity contribution is 7.53. The summed E-state index contributed by atoms with van der Waals surface area (Å²) in [6.07, 6.45) is 11.6. The van der Waals surface area contributed by atoms with Crippen LogP contribution >= 0.6 is 7.60 Å². The molecule has 4 unspecified atom stereocenters. The molecule has 1 amide bonds. The normalized spacial score (nSPS) is 36.9. The Hall–Kier alpha value is -3.18. The number of fused-ring (bicyclic) bond motifs is 3. The number of carbonyl (C=O) groups is 5. The van der Waals surface area contributed by atoms with E-state index in [1.165, 1.54) is 18.7 Å². The number of allylic oxidation sites excluding steroid dienone is 6. The highest BCUT2D eigenvalue weighted by Gasteiger charge is 2.53. The molecule has 2 N–H and O–H groups in total. The van der Waals surface area contributed by atoms with E-state index in [1.807, 2.05) is 65.0 Å². The Morgan fingerprint density at radius 2 is 1.61 bits per heavy atom. The summed E-state index contributed by atoms with van der Waals surface area (Å²) in [5.41, 5.74) is 1.17. The molecule has 16 nitrogen and oxygen atoms in total. The van der Waals surface area contributed by atoms with Crippen LogP contribution < -0.4 is 0 Å². The summed E-state index contributed by atoms with van der Waals surface area (Å²) in [6.45, 7) is 16.4. The predicted octanol–water partition coefficient (Wildman–Crippen LogP) is 8.45. The molecular formula is C55H88NO15P. The fourth-order valence-corrected chi connectivity index (χ4v) is 12.1. The van der Waals surface area contributed by atoms with Crippen LogP contribution in [0.3, 0.4) is 0 Å². The Morgan fingerprint density at radius 1 is 0.889 bits per heavy atom. The zero-order valence-electron chi connectivity index (χ0n) is 45.2. The lowest BCUT2D eigenvalue weighted by Crippen LogP contribution is -2.61. The van der Waals surface area contributed by atoms with Crippen molar-refractivity contribution in [2.75, 3.05) is 41.1 Å². The van der Waals surface area contributed by atoms with Gasteiger partial charge in [0, 0.05) is 65.1 Å². The molecule has 0 spiro atoms. The number of amides is 1. The maximum absolute atomic E-state index is 14.5. The van der Waals surface area contributed by atoms with Gasteiger partial charge in [-0.1, -0.05) is 78.0 Å². The van der Waals surface area contributed by atoms with Gasteiger partial charge in [0.1, 0.15) is 18.2 Å². The Bertz CT molecular complexity index is 2000. The zero-order chi connectivity index (χ0) is 53.5. The van der Waals surface area contributed by atoms with Gasteiger partial charge >= 0.3 is 13.6 Å². The molecule has 1 saturated carbocycles. The van der Waals surface area contributed by atoms with Gasteiger partial charge in [-0.25, -0.2) is 4.79 Å². The van der Waals surface area contributed by atoms with E-state index in [0.29, 0.717) is 82.8 Å². The van der Waals surface area contributed by atoms with Crippen LogP contribution in [0.25, 0.3) is 0 Å². The summed E-state index contributed by atoms with van der Waals surface area (Å²) < 4.78 is 54.4. The standard InChI is InChI=1S/C55H88NO15P/c1-13-27-68-72(12,64)71-45-25-23-41(31-48(45)66-10)30-37(5)47-33-44(57)36(4)29-39(7)50(59)51(67-11)49(58)38(6)28-34(2)19-15-14-16-20-35(3)46(65-9)32-42-24-22-40(8)55(63,70-42)52(60)53(61)56-26-18-17-21-43(56)54(62)69-47/h14-16,19-20,29,34,37-43,45-48,50-51,59,63H,13,17-18,21-28,30-33H2,1-12H3/b16-14?,19-15?,35-20?,36-29+/t34-,37-,38-,39?,40-,41+,42+,43?,45-,46+,47+,48-,50-,51+,55?,72?/m1/s1. The van der Waals surface area contributed by atoms with Gasteiger partial charge in [0.05, 0.1) is 37.1 Å². The van der Waals surface area contributed by atoms with Crippen LogP contribution in [-0.4, -0.2) is 140 Å². The number of aliphatic hydroxyl groups excluding tert-OH is 1. The molecule has 4 aliphatic rings. The molecule has 2 bridgehead atoms. The second-order valence-electron chi connectivity index (χ2n) is 21.3. The molecule has 1 aliphatic carbocycles. The maximum Gasteiger partial charge on any atom is 0.329 e. The first-order valence-electron chi connectivity index (χ1n) is 26.4. The lowest BCUT2D eigenvalue weighted by atomic mass is 9.78. The highest BCUT2D eigenvalue weighted by Crippen LogP contribution is 2.49. The average molecular weight is 1030 g/mol. The van der Waals surface area contributed by atoms with Crippen molar-refractivity contribution in [1.29, 1.82) is 0 Å². The minimum absolute atomic E-state index is 0.00915. The third kappa shape index (κ3) is 16.9. The van der Waals surface area contributed by atoms with E-state index in [4.69, 9.17) is 32.7 Å². The van der Waals surface area contributed by atoms with Crippen LogP contribution in [0.4, 0.5) is 0 Å². The Morgan fingerprint density at radius 3 is 2.28 bits per heavy atom. The van der Waals surface area contributed by atoms with Crippen molar-refractivity contribution in [2.24, 2.45) is 35.5 Å². The van der Waals surface area contributed by atoms with E-state index < -0.39 is 103 Å². The van der Waals surface area contributed by atoms with Crippen molar-refractivity contribution in [1.82, 2.24) is 4.90 Å². The quantitative estimate of drug-likeness (QED) is 0.113. The van der Waals surface area contributed by atoms with Crippen LogP contribution in [0.5, 0.6) is 0 Å². The molecule has 3 heterocycles. The van der Waals surface area contributed by atoms with E-state index in [-0.39, 0.29) is 42.8 Å². The molecule has 0 aromatic carbocycles. The molecule has 2 saturated heterocycles. The molecule has 4 rings (SSSR count). The van der Waals surface area contributed by atoms with Crippen LogP contribution in [0.2, 0.25) is 0 Å². The van der Waals surface area contributed by atoms with Gasteiger partial charge < -0.3 is 47.8 Å². The third-order valence-corrected chi connectivity index (χ3v) is 16.6. The van der Waals surface area contributed by atoms with Gasteiger partial charge in [0.15, 0.2) is 11.6 Å². The Labute approximate surface area is 429 Å². The number of ketones is 3. The van der Waals surface area contributed by atoms with Crippen molar-refractivity contribution in [3.8, 4) is 0 Å². The molecule has 72 heavy (non-hydrogen) atoms. The largest absolute Gasteiger partial charge is 0.460 e.